The predicted molar refractivity (Wildman–Crippen MR) is 85.3 cm³/mol. The zero-order chi connectivity index (χ0) is 14.8. The van der Waals surface area contributed by atoms with Crippen LogP contribution in [0.5, 0.6) is 0 Å². The van der Waals surface area contributed by atoms with Gasteiger partial charge >= 0.3 is 0 Å². The van der Waals surface area contributed by atoms with E-state index in [0.717, 1.165) is 19.5 Å². The zero-order valence-corrected chi connectivity index (χ0v) is 13.2. The van der Waals surface area contributed by atoms with Crippen molar-refractivity contribution >= 4 is 5.69 Å². The van der Waals surface area contributed by atoms with Crippen molar-refractivity contribution in [3.05, 3.63) is 29.8 Å². The van der Waals surface area contributed by atoms with Crippen LogP contribution < -0.4 is 10.2 Å². The van der Waals surface area contributed by atoms with Gasteiger partial charge in [-0.1, -0.05) is 39.0 Å². The highest BCUT2D eigenvalue weighted by atomic mass is 16.3. The van der Waals surface area contributed by atoms with Gasteiger partial charge in [0.2, 0.25) is 0 Å². The third-order valence-electron chi connectivity index (χ3n) is 3.96. The molecule has 3 heteroatoms. The minimum absolute atomic E-state index is 0.151. The van der Waals surface area contributed by atoms with Crippen molar-refractivity contribution in [3.8, 4) is 0 Å². The average molecular weight is 276 g/mol. The second-order valence-electron chi connectivity index (χ2n) is 6.84. The summed E-state index contributed by atoms with van der Waals surface area (Å²) in [5, 5.41) is 13.3. The van der Waals surface area contributed by atoms with Crippen LogP contribution in [0.4, 0.5) is 5.69 Å². The summed E-state index contributed by atoms with van der Waals surface area (Å²) in [4.78, 5) is 2.43. The Hall–Kier alpha value is -1.06. The Morgan fingerprint density at radius 2 is 2.10 bits per heavy atom. The predicted octanol–water partition coefficient (Wildman–Crippen LogP) is 2.43. The van der Waals surface area contributed by atoms with Crippen molar-refractivity contribution in [2.45, 2.75) is 45.7 Å². The molecule has 1 aliphatic rings. The summed E-state index contributed by atoms with van der Waals surface area (Å²) in [6.45, 7) is 10.7. The van der Waals surface area contributed by atoms with E-state index in [4.69, 9.17) is 0 Å². The maximum absolute atomic E-state index is 9.79. The number of aliphatic hydroxyl groups excluding tert-OH is 1. The smallest absolute Gasteiger partial charge is 0.0628 e. The third kappa shape index (κ3) is 3.53. The molecule has 0 bridgehead atoms. The molecule has 2 atom stereocenters. The van der Waals surface area contributed by atoms with E-state index in [1.165, 1.54) is 11.3 Å². The number of anilines is 1. The van der Waals surface area contributed by atoms with Crippen LogP contribution in [0.1, 0.15) is 33.3 Å². The second kappa shape index (κ2) is 6.15. The van der Waals surface area contributed by atoms with Crippen LogP contribution >= 0.6 is 0 Å². The first-order chi connectivity index (χ1) is 9.43. The Balaban J connectivity index is 2.20. The normalized spacial score (nSPS) is 21.7. The maximum atomic E-state index is 9.79. The van der Waals surface area contributed by atoms with Crippen LogP contribution in [0, 0.1) is 5.92 Å². The molecule has 0 spiro atoms. The van der Waals surface area contributed by atoms with Gasteiger partial charge in [-0.2, -0.15) is 0 Å². The fraction of sp³-hybridized carbons (Fsp3) is 0.647. The van der Waals surface area contributed by atoms with Gasteiger partial charge in [-0.25, -0.2) is 0 Å². The van der Waals surface area contributed by atoms with Gasteiger partial charge in [-0.05, 0) is 30.9 Å². The molecule has 1 aliphatic heterocycles. The fourth-order valence-electron chi connectivity index (χ4n) is 3.32. The molecular weight excluding hydrogens is 248 g/mol. The number of aliphatic hydroxyl groups is 1. The molecule has 0 radical (unpaired) electrons. The lowest BCUT2D eigenvalue weighted by molar-refractivity contribution is 0.167. The quantitative estimate of drug-likeness (QED) is 0.867. The first-order valence-electron chi connectivity index (χ1n) is 7.65. The number of hydrogen-bond acceptors (Lipinski definition) is 3. The molecule has 2 rings (SSSR count). The lowest BCUT2D eigenvalue weighted by atomic mass is 9.91. The van der Waals surface area contributed by atoms with E-state index in [0.29, 0.717) is 12.0 Å². The van der Waals surface area contributed by atoms with E-state index in [-0.39, 0.29) is 12.1 Å². The highest BCUT2D eigenvalue weighted by Gasteiger charge is 2.30. The van der Waals surface area contributed by atoms with Crippen LogP contribution in [0.2, 0.25) is 0 Å². The van der Waals surface area contributed by atoms with Crippen molar-refractivity contribution in [2.75, 3.05) is 24.6 Å². The van der Waals surface area contributed by atoms with Gasteiger partial charge in [0.15, 0.2) is 0 Å². The topological polar surface area (TPSA) is 35.5 Å². The molecule has 0 fully saturated rings. The number of nitrogens with one attached hydrogen (secondary N) is 1. The zero-order valence-electron chi connectivity index (χ0n) is 13.2. The molecule has 0 saturated heterocycles. The molecule has 1 aromatic carbocycles. The lowest BCUT2D eigenvalue weighted by Gasteiger charge is -2.41. The summed E-state index contributed by atoms with van der Waals surface area (Å²) in [5.41, 5.74) is 2.49. The molecule has 0 aromatic heterocycles. The van der Waals surface area contributed by atoms with Crippen molar-refractivity contribution in [2.24, 2.45) is 5.92 Å². The van der Waals surface area contributed by atoms with Gasteiger partial charge in [0.05, 0.1) is 12.1 Å². The number of rotatable bonds is 5. The van der Waals surface area contributed by atoms with E-state index < -0.39 is 0 Å². The second-order valence-corrected chi connectivity index (χ2v) is 6.84. The highest BCUT2D eigenvalue weighted by Crippen LogP contribution is 2.30. The Labute approximate surface area is 123 Å². The van der Waals surface area contributed by atoms with E-state index in [2.05, 4.69) is 62.2 Å². The number of para-hydroxylation sites is 1. The van der Waals surface area contributed by atoms with Gasteiger partial charge in [0.25, 0.3) is 0 Å². The SMILES string of the molecule is CC1Cc2ccccc2N(CC(C)(CO)NC(C)C)C1. The van der Waals surface area contributed by atoms with E-state index in [1.54, 1.807) is 0 Å². The monoisotopic (exact) mass is 276 g/mol. The summed E-state index contributed by atoms with van der Waals surface area (Å²) in [6.07, 6.45) is 1.15. The van der Waals surface area contributed by atoms with Crippen LogP contribution in [-0.2, 0) is 6.42 Å². The molecule has 0 aliphatic carbocycles. The summed E-state index contributed by atoms with van der Waals surface area (Å²) in [6, 6.07) is 9.02. The van der Waals surface area contributed by atoms with Gasteiger partial charge in [-0.15, -0.1) is 0 Å². The Bertz CT molecular complexity index is 446. The van der Waals surface area contributed by atoms with Crippen LogP contribution in [0.3, 0.4) is 0 Å². The highest BCUT2D eigenvalue weighted by molar-refractivity contribution is 5.56. The molecule has 1 aromatic rings. The summed E-state index contributed by atoms with van der Waals surface area (Å²) in [7, 11) is 0. The molecular formula is C17H28N2O. The molecule has 0 amide bonds. The van der Waals surface area contributed by atoms with Crippen LogP contribution in [0.15, 0.2) is 24.3 Å². The largest absolute Gasteiger partial charge is 0.394 e. The third-order valence-corrected chi connectivity index (χ3v) is 3.96. The first kappa shape index (κ1) is 15.3. The van der Waals surface area contributed by atoms with Gasteiger partial charge < -0.3 is 15.3 Å². The average Bonchev–Trinajstić information content (AvgIpc) is 2.37. The van der Waals surface area contributed by atoms with E-state index in [9.17, 15) is 5.11 Å². The van der Waals surface area contributed by atoms with Crippen molar-refractivity contribution in [1.29, 1.82) is 0 Å². The lowest BCUT2D eigenvalue weighted by Crippen LogP contribution is -2.57. The maximum Gasteiger partial charge on any atom is 0.0628 e. The summed E-state index contributed by atoms with van der Waals surface area (Å²) in [5.74, 6) is 0.659. The Kier molecular flexibility index (Phi) is 4.71. The molecule has 2 N–H and O–H groups in total. The standard InChI is InChI=1S/C17H28N2O/c1-13(2)18-17(4,12-20)11-19-10-14(3)9-15-7-5-6-8-16(15)19/h5-8,13-14,18,20H,9-12H2,1-4H3. The molecule has 1 heterocycles. The number of fused-ring (bicyclic) bond motifs is 1. The van der Waals surface area contributed by atoms with Crippen LogP contribution in [0.25, 0.3) is 0 Å². The van der Waals surface area contributed by atoms with E-state index in [1.807, 2.05) is 0 Å². The molecule has 0 saturated carbocycles. The van der Waals surface area contributed by atoms with Crippen molar-refractivity contribution in [3.63, 3.8) is 0 Å². The van der Waals surface area contributed by atoms with Gasteiger partial charge in [0, 0.05) is 24.8 Å². The Morgan fingerprint density at radius 1 is 1.40 bits per heavy atom. The van der Waals surface area contributed by atoms with E-state index >= 15 is 0 Å². The molecule has 2 unspecified atom stereocenters. The molecule has 3 nitrogen and oxygen atoms in total. The van der Waals surface area contributed by atoms with Crippen molar-refractivity contribution < 1.29 is 5.11 Å². The fourth-order valence-corrected chi connectivity index (χ4v) is 3.32. The molecule has 112 valence electrons. The minimum Gasteiger partial charge on any atom is -0.394 e. The van der Waals surface area contributed by atoms with Crippen molar-refractivity contribution in [1.82, 2.24) is 5.32 Å². The summed E-state index contributed by atoms with van der Waals surface area (Å²) < 4.78 is 0. The van der Waals surface area contributed by atoms with Gasteiger partial charge in [0.1, 0.15) is 0 Å². The van der Waals surface area contributed by atoms with Crippen LogP contribution in [-0.4, -0.2) is 36.4 Å². The number of hydrogen-bond donors (Lipinski definition) is 2. The minimum atomic E-state index is -0.266. The Morgan fingerprint density at radius 3 is 2.75 bits per heavy atom. The molecule has 20 heavy (non-hydrogen) atoms. The number of nitrogens with zero attached hydrogens (tertiary/aromatic N) is 1. The number of benzene rings is 1. The summed E-state index contributed by atoms with van der Waals surface area (Å²) >= 11 is 0. The first-order valence-corrected chi connectivity index (χ1v) is 7.65. The van der Waals surface area contributed by atoms with Gasteiger partial charge in [-0.3, -0.25) is 0 Å².